The molecular weight excluding hydrogens is 583 g/mol. The Morgan fingerprint density at radius 2 is 1.73 bits per heavy atom. The van der Waals surface area contributed by atoms with Gasteiger partial charge in [0.05, 0.1) is 38.5 Å². The molecule has 1 fully saturated rings. The van der Waals surface area contributed by atoms with Gasteiger partial charge in [-0.15, -0.1) is 0 Å². The molecule has 240 valence electrons. The second kappa shape index (κ2) is 13.5. The number of nitrogens with one attached hydrogen (secondary N) is 1. The number of carbonyl (C=O) groups excluding carboxylic acids is 2. The van der Waals surface area contributed by atoms with Crippen molar-refractivity contribution >= 4 is 12.0 Å². The topological polar surface area (TPSA) is 105 Å². The summed E-state index contributed by atoms with van der Waals surface area (Å²) in [4.78, 5) is 27.9. The van der Waals surface area contributed by atoms with Crippen molar-refractivity contribution in [3.05, 3.63) is 77.1 Å². The molecule has 2 amide bonds. The third-order valence-corrected chi connectivity index (χ3v) is 7.81. The van der Waals surface area contributed by atoms with Crippen LogP contribution in [0.15, 0.2) is 54.6 Å². The molecule has 3 aromatic carbocycles. The van der Waals surface area contributed by atoms with E-state index in [0.29, 0.717) is 53.8 Å². The fourth-order valence-corrected chi connectivity index (χ4v) is 5.62. The monoisotopic (exact) mass is 622 g/mol. The van der Waals surface area contributed by atoms with Crippen molar-refractivity contribution in [2.24, 2.45) is 5.92 Å². The van der Waals surface area contributed by atoms with E-state index in [-0.39, 0.29) is 37.3 Å². The first-order valence-corrected chi connectivity index (χ1v) is 14.8. The van der Waals surface area contributed by atoms with Crippen LogP contribution in [0.5, 0.6) is 28.7 Å². The van der Waals surface area contributed by atoms with Crippen molar-refractivity contribution < 1.29 is 42.4 Å². The number of rotatable bonds is 9. The summed E-state index contributed by atoms with van der Waals surface area (Å²) in [6, 6.07) is 15.3. The van der Waals surface area contributed by atoms with Crippen LogP contribution < -0.4 is 29.0 Å². The van der Waals surface area contributed by atoms with E-state index in [2.05, 4.69) is 5.32 Å². The van der Waals surface area contributed by atoms with Crippen LogP contribution in [0.1, 0.15) is 54.6 Å². The molecule has 1 N–H and O–H groups in total. The van der Waals surface area contributed by atoms with Crippen LogP contribution in [-0.2, 0) is 11.3 Å². The van der Waals surface area contributed by atoms with E-state index in [1.165, 1.54) is 20.3 Å². The highest BCUT2D eigenvalue weighted by molar-refractivity contribution is 5.94. The quantitative estimate of drug-likeness (QED) is 0.314. The average Bonchev–Trinajstić information content (AvgIpc) is 3.50. The lowest BCUT2D eigenvalue weighted by Gasteiger charge is -2.39. The molecule has 0 aromatic heterocycles. The molecule has 0 saturated carbocycles. The molecule has 11 heteroatoms. The number of likely N-dealkylation sites (tertiary alicyclic amines) is 1. The van der Waals surface area contributed by atoms with Crippen LogP contribution in [-0.4, -0.2) is 63.2 Å². The standard InChI is InChI=1S/C34H39FN2O8/c1-34(2,3)45-33(39)37-14-13-24(22(18-37)19-42-23-10-12-30-31(16-23)44-20-43-30)21-9-11-27(35)25(15-21)32(38)36-17-26-28(40-4)7-6-8-29(26)41-5/h6-12,15-16,22,24H,13-14,17-20H2,1-5H3,(H,36,38)/t22-,24-/m0/s1. The first-order valence-electron chi connectivity index (χ1n) is 14.8. The van der Waals surface area contributed by atoms with Crippen molar-refractivity contribution in [1.82, 2.24) is 10.2 Å². The number of methoxy groups -OCH3 is 2. The van der Waals surface area contributed by atoms with Gasteiger partial charge in [-0.05, 0) is 75.1 Å². The van der Waals surface area contributed by atoms with Crippen molar-refractivity contribution in [3.63, 3.8) is 0 Å². The Bertz CT molecular complexity index is 1520. The summed E-state index contributed by atoms with van der Waals surface area (Å²) in [6.45, 7) is 6.77. The maximum atomic E-state index is 15.1. The van der Waals surface area contributed by atoms with Gasteiger partial charge in [0.2, 0.25) is 6.79 Å². The molecule has 45 heavy (non-hydrogen) atoms. The molecule has 10 nitrogen and oxygen atoms in total. The van der Waals surface area contributed by atoms with Gasteiger partial charge >= 0.3 is 6.09 Å². The molecular formula is C34H39FN2O8. The van der Waals surface area contributed by atoms with E-state index in [1.807, 2.05) is 20.8 Å². The summed E-state index contributed by atoms with van der Waals surface area (Å²) in [5, 5.41) is 2.80. The van der Waals surface area contributed by atoms with E-state index in [1.54, 1.807) is 53.4 Å². The third kappa shape index (κ3) is 7.53. The van der Waals surface area contributed by atoms with Gasteiger partial charge in [-0.25, -0.2) is 9.18 Å². The maximum absolute atomic E-state index is 15.1. The summed E-state index contributed by atoms with van der Waals surface area (Å²) < 4.78 is 48.6. The second-order valence-electron chi connectivity index (χ2n) is 12.0. The normalized spacial score (nSPS) is 17.4. The molecule has 2 aliphatic heterocycles. The molecule has 2 heterocycles. The van der Waals surface area contributed by atoms with Crippen molar-refractivity contribution in [2.75, 3.05) is 40.7 Å². The van der Waals surface area contributed by atoms with Crippen LogP contribution in [0.3, 0.4) is 0 Å². The molecule has 0 aliphatic carbocycles. The van der Waals surface area contributed by atoms with Crippen molar-refractivity contribution in [1.29, 1.82) is 0 Å². The number of nitrogens with zero attached hydrogens (tertiary/aromatic N) is 1. The molecule has 3 aromatic rings. The van der Waals surface area contributed by atoms with E-state index < -0.39 is 23.4 Å². The van der Waals surface area contributed by atoms with Crippen LogP contribution in [0.2, 0.25) is 0 Å². The number of halogens is 1. The van der Waals surface area contributed by atoms with Gasteiger partial charge in [-0.1, -0.05) is 12.1 Å². The van der Waals surface area contributed by atoms with E-state index in [4.69, 9.17) is 28.4 Å². The van der Waals surface area contributed by atoms with Gasteiger partial charge in [0.25, 0.3) is 5.91 Å². The van der Waals surface area contributed by atoms with Crippen LogP contribution >= 0.6 is 0 Å². The van der Waals surface area contributed by atoms with Crippen LogP contribution in [0.25, 0.3) is 0 Å². The number of fused-ring (bicyclic) bond motifs is 1. The molecule has 2 atom stereocenters. The predicted molar refractivity (Wildman–Crippen MR) is 164 cm³/mol. The average molecular weight is 623 g/mol. The number of amides is 2. The Morgan fingerprint density at radius 1 is 1.00 bits per heavy atom. The Morgan fingerprint density at radius 3 is 2.44 bits per heavy atom. The zero-order chi connectivity index (χ0) is 32.1. The summed E-state index contributed by atoms with van der Waals surface area (Å²) >= 11 is 0. The number of ether oxygens (including phenoxy) is 6. The molecule has 5 rings (SSSR count). The number of hydrogen-bond donors (Lipinski definition) is 1. The van der Waals surface area contributed by atoms with Crippen LogP contribution in [0.4, 0.5) is 9.18 Å². The second-order valence-corrected chi connectivity index (χ2v) is 12.0. The lowest BCUT2D eigenvalue weighted by Crippen LogP contribution is -2.46. The number of benzene rings is 3. The van der Waals surface area contributed by atoms with E-state index >= 15 is 4.39 Å². The zero-order valence-electron chi connectivity index (χ0n) is 26.2. The molecule has 2 aliphatic rings. The highest BCUT2D eigenvalue weighted by Crippen LogP contribution is 2.38. The highest BCUT2D eigenvalue weighted by atomic mass is 19.1. The smallest absolute Gasteiger partial charge is 0.410 e. The Hall–Kier alpha value is -4.67. The third-order valence-electron chi connectivity index (χ3n) is 7.81. The molecule has 0 bridgehead atoms. The molecule has 0 spiro atoms. The first kappa shape index (κ1) is 31.7. The van der Waals surface area contributed by atoms with Gasteiger partial charge in [-0.3, -0.25) is 4.79 Å². The molecule has 0 unspecified atom stereocenters. The lowest BCUT2D eigenvalue weighted by atomic mass is 9.80. The number of carbonyl (C=O) groups is 2. The SMILES string of the molecule is COc1cccc(OC)c1CNC(=O)c1cc([C@@H]2CCN(C(=O)OC(C)(C)C)C[C@H]2COc2ccc3c(c2)OCO3)ccc1F. The van der Waals surface area contributed by atoms with Gasteiger partial charge in [0.1, 0.15) is 28.7 Å². The van der Waals surface area contributed by atoms with E-state index in [0.717, 1.165) is 5.56 Å². The predicted octanol–water partition coefficient (Wildman–Crippen LogP) is 5.92. The summed E-state index contributed by atoms with van der Waals surface area (Å²) in [5.74, 6) is 1.42. The van der Waals surface area contributed by atoms with E-state index in [9.17, 15) is 9.59 Å². The summed E-state index contributed by atoms with van der Waals surface area (Å²) in [7, 11) is 3.06. The number of hydrogen-bond acceptors (Lipinski definition) is 8. The lowest BCUT2D eigenvalue weighted by molar-refractivity contribution is 0.0111. The van der Waals surface area contributed by atoms with Crippen molar-refractivity contribution in [3.8, 4) is 28.7 Å². The Balaban J connectivity index is 1.35. The Labute approximate surface area is 262 Å². The fraction of sp³-hybridized carbons (Fsp3) is 0.412. The van der Waals surface area contributed by atoms with Gasteiger partial charge in [0.15, 0.2) is 11.5 Å². The van der Waals surface area contributed by atoms with Gasteiger partial charge in [0, 0.05) is 25.1 Å². The van der Waals surface area contributed by atoms with Gasteiger partial charge in [-0.2, -0.15) is 0 Å². The molecule has 1 saturated heterocycles. The van der Waals surface area contributed by atoms with Gasteiger partial charge < -0.3 is 38.6 Å². The minimum absolute atomic E-state index is 0.0774. The minimum atomic E-state index is -0.639. The number of piperidine rings is 1. The summed E-state index contributed by atoms with van der Waals surface area (Å²) in [5.41, 5.74) is 0.702. The Kier molecular flexibility index (Phi) is 9.55. The first-order chi connectivity index (χ1) is 21.6. The largest absolute Gasteiger partial charge is 0.496 e. The van der Waals surface area contributed by atoms with Crippen LogP contribution in [0, 0.1) is 11.7 Å². The van der Waals surface area contributed by atoms with Crippen molar-refractivity contribution in [2.45, 2.75) is 45.3 Å². The highest BCUT2D eigenvalue weighted by Gasteiger charge is 2.35. The summed E-state index contributed by atoms with van der Waals surface area (Å²) in [6.07, 6.45) is 0.166. The maximum Gasteiger partial charge on any atom is 0.410 e. The zero-order valence-corrected chi connectivity index (χ0v) is 26.2. The fourth-order valence-electron chi connectivity index (χ4n) is 5.62. The minimum Gasteiger partial charge on any atom is -0.496 e. The molecule has 0 radical (unpaired) electrons.